The van der Waals surface area contributed by atoms with Gasteiger partial charge in [0.2, 0.25) is 5.91 Å². The number of nitrogens with one attached hydrogen (secondary N) is 1. The van der Waals surface area contributed by atoms with E-state index in [-0.39, 0.29) is 31.1 Å². The van der Waals surface area contributed by atoms with Gasteiger partial charge < -0.3 is 14.8 Å². The van der Waals surface area contributed by atoms with Crippen LogP contribution in [0.4, 0.5) is 5.69 Å². The summed E-state index contributed by atoms with van der Waals surface area (Å²) in [7, 11) is 0. The van der Waals surface area contributed by atoms with Crippen LogP contribution in [0.5, 0.6) is 5.75 Å². The van der Waals surface area contributed by atoms with Crippen LogP contribution in [-0.2, 0) is 14.3 Å². The third kappa shape index (κ3) is 4.96. The van der Waals surface area contributed by atoms with Crippen molar-refractivity contribution in [1.29, 1.82) is 0 Å². The van der Waals surface area contributed by atoms with E-state index in [0.717, 1.165) is 12.0 Å². The second-order valence-corrected chi connectivity index (χ2v) is 5.86. The van der Waals surface area contributed by atoms with Gasteiger partial charge in [-0.3, -0.25) is 14.5 Å². The van der Waals surface area contributed by atoms with Gasteiger partial charge in [-0.2, -0.15) is 0 Å². The number of ether oxygens (including phenoxy) is 2. The number of anilines is 1. The van der Waals surface area contributed by atoms with Crippen LogP contribution >= 0.6 is 0 Å². The fourth-order valence-electron chi connectivity index (χ4n) is 2.30. The molecule has 1 aliphatic rings. The predicted molar refractivity (Wildman–Crippen MR) is 87.7 cm³/mol. The molecule has 1 heterocycles. The zero-order chi connectivity index (χ0) is 16.8. The molecule has 0 radical (unpaired) electrons. The van der Waals surface area contributed by atoms with Crippen molar-refractivity contribution in [2.24, 2.45) is 0 Å². The Morgan fingerprint density at radius 2 is 2.22 bits per heavy atom. The second-order valence-electron chi connectivity index (χ2n) is 5.86. The lowest BCUT2D eigenvalue weighted by molar-refractivity contribution is -0.125. The summed E-state index contributed by atoms with van der Waals surface area (Å²) in [6.45, 7) is 6.99. The highest BCUT2D eigenvalue weighted by atomic mass is 16.5. The van der Waals surface area contributed by atoms with Crippen molar-refractivity contribution in [2.75, 3.05) is 31.2 Å². The number of hydrogen-bond donors (Lipinski definition) is 1. The number of fused-ring (bicyclic) bond motifs is 1. The second kappa shape index (κ2) is 7.97. The van der Waals surface area contributed by atoms with E-state index in [1.54, 1.807) is 0 Å². The highest BCUT2D eigenvalue weighted by Gasteiger charge is 2.27. The molecule has 2 rings (SSSR count). The largest absolute Gasteiger partial charge is 0.482 e. The van der Waals surface area contributed by atoms with E-state index < -0.39 is 0 Å². The van der Waals surface area contributed by atoms with Crippen molar-refractivity contribution in [1.82, 2.24) is 5.32 Å². The number of nitrogens with zero attached hydrogens (tertiary/aromatic N) is 1. The average molecular weight is 320 g/mol. The van der Waals surface area contributed by atoms with Crippen LogP contribution in [0.3, 0.4) is 0 Å². The molecule has 1 aliphatic heterocycles. The molecule has 0 saturated carbocycles. The first-order chi connectivity index (χ1) is 11.0. The van der Waals surface area contributed by atoms with Crippen LogP contribution in [0, 0.1) is 6.92 Å². The predicted octanol–water partition coefficient (Wildman–Crippen LogP) is 1.65. The molecule has 6 heteroatoms. The van der Waals surface area contributed by atoms with Gasteiger partial charge in [-0.25, -0.2) is 0 Å². The molecule has 1 N–H and O–H groups in total. The molecule has 0 unspecified atom stereocenters. The Kier molecular flexibility index (Phi) is 5.98. The number of carbonyl (C=O) groups is 2. The zero-order valence-corrected chi connectivity index (χ0v) is 13.9. The third-order valence-electron chi connectivity index (χ3n) is 3.45. The van der Waals surface area contributed by atoms with Crippen molar-refractivity contribution in [3.8, 4) is 5.75 Å². The fraction of sp³-hybridized carbons (Fsp3) is 0.529. The maximum Gasteiger partial charge on any atom is 0.265 e. The van der Waals surface area contributed by atoms with E-state index in [1.807, 2.05) is 39.0 Å². The van der Waals surface area contributed by atoms with Gasteiger partial charge in [0.1, 0.15) is 12.3 Å². The Labute approximate surface area is 136 Å². The standard InChI is InChI=1S/C17H24N2O4/c1-12(2)22-8-4-7-18-16(20)10-19-14-9-13(3)5-6-15(14)23-11-17(19)21/h5-6,9,12H,4,7-8,10-11H2,1-3H3,(H,18,20). The molecule has 0 aliphatic carbocycles. The molecule has 2 amide bonds. The Morgan fingerprint density at radius 3 is 2.96 bits per heavy atom. The number of rotatable bonds is 7. The van der Waals surface area contributed by atoms with Crippen LogP contribution in [-0.4, -0.2) is 44.2 Å². The summed E-state index contributed by atoms with van der Waals surface area (Å²) in [4.78, 5) is 25.6. The SMILES string of the molecule is Cc1ccc2c(c1)N(CC(=O)NCCCOC(C)C)C(=O)CO2. The number of benzene rings is 1. The molecular weight excluding hydrogens is 296 g/mol. The molecule has 1 aromatic carbocycles. The summed E-state index contributed by atoms with van der Waals surface area (Å²) in [5.74, 6) is 0.243. The first kappa shape index (κ1) is 17.3. The Bertz CT molecular complexity index is 572. The van der Waals surface area contributed by atoms with Crippen LogP contribution in [0.25, 0.3) is 0 Å². The summed E-state index contributed by atoms with van der Waals surface area (Å²) in [6, 6.07) is 5.60. The van der Waals surface area contributed by atoms with E-state index in [2.05, 4.69) is 5.32 Å². The molecule has 0 bridgehead atoms. The normalized spacial score (nSPS) is 13.7. The Balaban J connectivity index is 1.88. The summed E-state index contributed by atoms with van der Waals surface area (Å²) < 4.78 is 10.8. The maximum atomic E-state index is 12.1. The maximum absolute atomic E-state index is 12.1. The lowest BCUT2D eigenvalue weighted by Gasteiger charge is -2.29. The molecule has 0 atom stereocenters. The van der Waals surface area contributed by atoms with Crippen LogP contribution in [0.2, 0.25) is 0 Å². The quantitative estimate of drug-likeness (QED) is 0.776. The van der Waals surface area contributed by atoms with Crippen molar-refractivity contribution in [2.45, 2.75) is 33.3 Å². The lowest BCUT2D eigenvalue weighted by atomic mass is 10.1. The van der Waals surface area contributed by atoms with Gasteiger partial charge in [0.05, 0.1) is 11.8 Å². The highest BCUT2D eigenvalue weighted by molar-refractivity contribution is 6.02. The minimum atomic E-state index is -0.207. The Hall–Kier alpha value is -2.08. The monoisotopic (exact) mass is 320 g/mol. The topological polar surface area (TPSA) is 67.9 Å². The van der Waals surface area contributed by atoms with Crippen molar-refractivity contribution in [3.05, 3.63) is 23.8 Å². The minimum Gasteiger partial charge on any atom is -0.482 e. The van der Waals surface area contributed by atoms with Crippen molar-refractivity contribution < 1.29 is 19.1 Å². The zero-order valence-electron chi connectivity index (χ0n) is 13.9. The molecule has 1 aromatic rings. The van der Waals surface area contributed by atoms with Crippen LogP contribution in [0.1, 0.15) is 25.8 Å². The van der Waals surface area contributed by atoms with E-state index >= 15 is 0 Å². The van der Waals surface area contributed by atoms with Crippen molar-refractivity contribution >= 4 is 17.5 Å². The van der Waals surface area contributed by atoms with Gasteiger partial charge in [0.15, 0.2) is 6.61 Å². The number of aryl methyl sites for hydroxylation is 1. The summed E-state index contributed by atoms with van der Waals surface area (Å²) >= 11 is 0. The Morgan fingerprint density at radius 1 is 1.43 bits per heavy atom. The van der Waals surface area contributed by atoms with Crippen molar-refractivity contribution in [3.63, 3.8) is 0 Å². The third-order valence-corrected chi connectivity index (χ3v) is 3.45. The first-order valence-electron chi connectivity index (χ1n) is 7.89. The fourth-order valence-corrected chi connectivity index (χ4v) is 2.30. The van der Waals surface area contributed by atoms with Gasteiger partial charge in [-0.1, -0.05) is 6.07 Å². The first-order valence-corrected chi connectivity index (χ1v) is 7.89. The van der Waals surface area contributed by atoms with Gasteiger partial charge in [-0.05, 0) is 44.9 Å². The molecule has 0 spiro atoms. The van der Waals surface area contributed by atoms with Gasteiger partial charge >= 0.3 is 0 Å². The molecular formula is C17H24N2O4. The highest BCUT2D eigenvalue weighted by Crippen LogP contribution is 2.32. The molecule has 0 saturated heterocycles. The van der Waals surface area contributed by atoms with E-state index in [9.17, 15) is 9.59 Å². The van der Waals surface area contributed by atoms with Crippen LogP contribution in [0.15, 0.2) is 18.2 Å². The summed E-state index contributed by atoms with van der Waals surface area (Å²) in [5, 5.41) is 2.82. The van der Waals surface area contributed by atoms with E-state index in [0.29, 0.717) is 24.6 Å². The number of carbonyl (C=O) groups excluding carboxylic acids is 2. The molecule has 126 valence electrons. The molecule has 23 heavy (non-hydrogen) atoms. The number of amides is 2. The molecule has 0 aromatic heterocycles. The smallest absolute Gasteiger partial charge is 0.265 e. The van der Waals surface area contributed by atoms with Gasteiger partial charge in [-0.15, -0.1) is 0 Å². The minimum absolute atomic E-state index is 0.00366. The lowest BCUT2D eigenvalue weighted by Crippen LogP contribution is -2.45. The van der Waals surface area contributed by atoms with Gasteiger partial charge in [0, 0.05) is 13.2 Å². The van der Waals surface area contributed by atoms with E-state index in [1.165, 1.54) is 4.90 Å². The molecule has 0 fully saturated rings. The average Bonchev–Trinajstić information content (AvgIpc) is 2.49. The summed E-state index contributed by atoms with van der Waals surface area (Å²) in [5.41, 5.74) is 1.66. The van der Waals surface area contributed by atoms with E-state index in [4.69, 9.17) is 9.47 Å². The van der Waals surface area contributed by atoms with Gasteiger partial charge in [0.25, 0.3) is 5.91 Å². The number of hydrogen-bond acceptors (Lipinski definition) is 4. The molecule has 6 nitrogen and oxygen atoms in total. The summed E-state index contributed by atoms with van der Waals surface area (Å²) in [6.07, 6.45) is 0.938. The van der Waals surface area contributed by atoms with Crippen LogP contribution < -0.4 is 15.0 Å².